The number of oxime groups is 1. The van der Waals surface area contributed by atoms with Crippen molar-refractivity contribution in [3.05, 3.63) is 0 Å². The monoisotopic (exact) mass is 169 g/mol. The lowest BCUT2D eigenvalue weighted by atomic mass is 9.92. The highest BCUT2D eigenvalue weighted by atomic mass is 16.7. The van der Waals surface area contributed by atoms with E-state index in [4.69, 9.17) is 9.57 Å². The van der Waals surface area contributed by atoms with Gasteiger partial charge in [0.15, 0.2) is 5.60 Å². The summed E-state index contributed by atoms with van der Waals surface area (Å²) >= 11 is 0. The topological polar surface area (TPSA) is 30.8 Å². The maximum absolute atomic E-state index is 5.44. The minimum atomic E-state index is -0.0837. The summed E-state index contributed by atoms with van der Waals surface area (Å²) < 4.78 is 5.31. The number of rotatable bonds is 1. The van der Waals surface area contributed by atoms with Gasteiger partial charge in [-0.1, -0.05) is 19.0 Å². The molecule has 12 heavy (non-hydrogen) atoms. The summed E-state index contributed by atoms with van der Waals surface area (Å²) in [4.78, 5) is 5.44. The Morgan fingerprint density at radius 3 is 2.83 bits per heavy atom. The van der Waals surface area contributed by atoms with Gasteiger partial charge in [0, 0.05) is 12.8 Å². The van der Waals surface area contributed by atoms with Crippen molar-refractivity contribution in [2.45, 2.75) is 32.3 Å². The Morgan fingerprint density at radius 2 is 2.33 bits per heavy atom. The SMILES string of the molecule is CC(C)C1=NOC2(CCOC2)C1. The van der Waals surface area contributed by atoms with Crippen LogP contribution in [0.2, 0.25) is 0 Å². The molecule has 1 fully saturated rings. The quantitative estimate of drug-likeness (QED) is 0.596. The van der Waals surface area contributed by atoms with Crippen molar-refractivity contribution in [2.24, 2.45) is 11.1 Å². The molecule has 1 atom stereocenters. The molecule has 3 nitrogen and oxygen atoms in total. The third-order valence-electron chi connectivity index (χ3n) is 2.59. The first-order valence-corrected chi connectivity index (χ1v) is 4.55. The highest BCUT2D eigenvalue weighted by Crippen LogP contribution is 2.33. The van der Waals surface area contributed by atoms with Gasteiger partial charge in [-0.05, 0) is 5.92 Å². The van der Waals surface area contributed by atoms with Gasteiger partial charge >= 0.3 is 0 Å². The molecule has 0 saturated carbocycles. The molecule has 2 aliphatic rings. The lowest BCUT2D eigenvalue weighted by molar-refractivity contribution is -0.0237. The summed E-state index contributed by atoms with van der Waals surface area (Å²) in [6.07, 6.45) is 1.96. The third-order valence-corrected chi connectivity index (χ3v) is 2.59. The number of nitrogens with zero attached hydrogens (tertiary/aromatic N) is 1. The van der Waals surface area contributed by atoms with Crippen LogP contribution in [0.1, 0.15) is 26.7 Å². The zero-order valence-corrected chi connectivity index (χ0v) is 7.67. The molecule has 0 amide bonds. The van der Waals surface area contributed by atoms with Crippen LogP contribution in [0, 0.1) is 5.92 Å². The van der Waals surface area contributed by atoms with Crippen LogP contribution in [0.3, 0.4) is 0 Å². The molecule has 1 saturated heterocycles. The molecule has 68 valence electrons. The van der Waals surface area contributed by atoms with Crippen LogP contribution in [-0.2, 0) is 9.57 Å². The molecule has 1 spiro atoms. The normalized spacial score (nSPS) is 34.4. The lowest BCUT2D eigenvalue weighted by Crippen LogP contribution is -2.29. The van der Waals surface area contributed by atoms with Gasteiger partial charge in [0.1, 0.15) is 0 Å². The lowest BCUT2D eigenvalue weighted by Gasteiger charge is -2.17. The molecule has 3 heteroatoms. The van der Waals surface area contributed by atoms with Crippen LogP contribution >= 0.6 is 0 Å². The van der Waals surface area contributed by atoms with Crippen molar-refractivity contribution in [3.63, 3.8) is 0 Å². The molecular weight excluding hydrogens is 154 g/mol. The Balaban J connectivity index is 2.02. The fraction of sp³-hybridized carbons (Fsp3) is 0.889. The molecule has 0 aromatic heterocycles. The van der Waals surface area contributed by atoms with Crippen LogP contribution in [0.5, 0.6) is 0 Å². The second kappa shape index (κ2) is 2.73. The molecular formula is C9H15NO2. The van der Waals surface area contributed by atoms with E-state index in [9.17, 15) is 0 Å². The number of hydrogen-bond donors (Lipinski definition) is 0. The van der Waals surface area contributed by atoms with E-state index in [-0.39, 0.29) is 5.60 Å². The Hall–Kier alpha value is -0.570. The molecule has 2 aliphatic heterocycles. The Bertz CT molecular complexity index is 205. The summed E-state index contributed by atoms with van der Waals surface area (Å²) in [6, 6.07) is 0. The fourth-order valence-corrected chi connectivity index (χ4v) is 1.66. The third kappa shape index (κ3) is 1.22. The van der Waals surface area contributed by atoms with Crippen molar-refractivity contribution in [3.8, 4) is 0 Å². The van der Waals surface area contributed by atoms with Crippen molar-refractivity contribution < 1.29 is 9.57 Å². The molecule has 0 radical (unpaired) electrons. The summed E-state index contributed by atoms with van der Waals surface area (Å²) in [7, 11) is 0. The molecule has 2 rings (SSSR count). The van der Waals surface area contributed by atoms with Crippen molar-refractivity contribution in [1.29, 1.82) is 0 Å². The van der Waals surface area contributed by atoms with Gasteiger partial charge in [-0.3, -0.25) is 0 Å². The van der Waals surface area contributed by atoms with Gasteiger partial charge in [0.2, 0.25) is 0 Å². The van der Waals surface area contributed by atoms with E-state index in [1.54, 1.807) is 0 Å². The summed E-state index contributed by atoms with van der Waals surface area (Å²) in [6.45, 7) is 5.83. The predicted molar refractivity (Wildman–Crippen MR) is 46.1 cm³/mol. The zero-order chi connectivity index (χ0) is 8.60. The van der Waals surface area contributed by atoms with E-state index in [0.29, 0.717) is 12.5 Å². The molecule has 0 bridgehead atoms. The Kier molecular flexibility index (Phi) is 1.83. The highest BCUT2D eigenvalue weighted by molar-refractivity contribution is 5.87. The van der Waals surface area contributed by atoms with Gasteiger partial charge in [-0.25, -0.2) is 0 Å². The Labute approximate surface area is 72.7 Å². The molecule has 0 aliphatic carbocycles. The first-order valence-electron chi connectivity index (χ1n) is 4.55. The van der Waals surface area contributed by atoms with E-state index < -0.39 is 0 Å². The van der Waals surface area contributed by atoms with Crippen LogP contribution in [0.4, 0.5) is 0 Å². The van der Waals surface area contributed by atoms with Crippen LogP contribution in [-0.4, -0.2) is 24.5 Å². The van der Waals surface area contributed by atoms with E-state index in [1.165, 1.54) is 5.71 Å². The molecule has 0 aromatic rings. The fourth-order valence-electron chi connectivity index (χ4n) is 1.66. The first-order chi connectivity index (χ1) is 5.72. The van der Waals surface area contributed by atoms with E-state index in [2.05, 4.69) is 19.0 Å². The molecule has 1 unspecified atom stereocenters. The van der Waals surface area contributed by atoms with Gasteiger partial charge < -0.3 is 9.57 Å². The van der Waals surface area contributed by atoms with E-state index in [1.807, 2.05) is 0 Å². The minimum Gasteiger partial charge on any atom is -0.386 e. The van der Waals surface area contributed by atoms with Gasteiger partial charge in [0.25, 0.3) is 0 Å². The van der Waals surface area contributed by atoms with Crippen molar-refractivity contribution in [2.75, 3.05) is 13.2 Å². The standard InChI is InChI=1S/C9H15NO2/c1-7(2)8-5-9(12-10-8)3-4-11-6-9/h7H,3-6H2,1-2H3. The van der Waals surface area contributed by atoms with Crippen LogP contribution in [0.15, 0.2) is 5.16 Å². The van der Waals surface area contributed by atoms with Crippen LogP contribution < -0.4 is 0 Å². The number of ether oxygens (including phenoxy) is 1. The largest absolute Gasteiger partial charge is 0.386 e. The Morgan fingerprint density at radius 1 is 1.50 bits per heavy atom. The van der Waals surface area contributed by atoms with Gasteiger partial charge in [0.05, 0.1) is 18.9 Å². The molecule has 0 N–H and O–H groups in total. The average Bonchev–Trinajstić information content (AvgIpc) is 2.62. The smallest absolute Gasteiger partial charge is 0.168 e. The van der Waals surface area contributed by atoms with E-state index >= 15 is 0 Å². The van der Waals surface area contributed by atoms with Crippen molar-refractivity contribution >= 4 is 5.71 Å². The van der Waals surface area contributed by atoms with Crippen molar-refractivity contribution in [1.82, 2.24) is 0 Å². The summed E-state index contributed by atoms with van der Waals surface area (Å²) in [5, 5.41) is 4.11. The minimum absolute atomic E-state index is 0.0837. The predicted octanol–water partition coefficient (Wildman–Crippen LogP) is 1.58. The zero-order valence-electron chi connectivity index (χ0n) is 7.67. The molecule has 0 aromatic carbocycles. The second-order valence-corrected chi connectivity index (χ2v) is 3.99. The van der Waals surface area contributed by atoms with Crippen LogP contribution in [0.25, 0.3) is 0 Å². The highest BCUT2D eigenvalue weighted by Gasteiger charge is 2.43. The first kappa shape index (κ1) is 8.05. The summed E-state index contributed by atoms with van der Waals surface area (Å²) in [5.74, 6) is 0.505. The van der Waals surface area contributed by atoms with E-state index in [0.717, 1.165) is 19.4 Å². The maximum atomic E-state index is 5.44. The maximum Gasteiger partial charge on any atom is 0.168 e. The van der Waals surface area contributed by atoms with Gasteiger partial charge in [-0.2, -0.15) is 0 Å². The number of hydrogen-bond acceptors (Lipinski definition) is 3. The molecule has 2 heterocycles. The second-order valence-electron chi connectivity index (χ2n) is 3.99. The summed E-state index contributed by atoms with van der Waals surface area (Å²) in [5.41, 5.74) is 1.10. The van der Waals surface area contributed by atoms with Gasteiger partial charge in [-0.15, -0.1) is 0 Å². The average molecular weight is 169 g/mol.